The van der Waals surface area contributed by atoms with Crippen molar-refractivity contribution in [1.29, 1.82) is 5.26 Å². The topological polar surface area (TPSA) is 62.1 Å². The van der Waals surface area contributed by atoms with Crippen LogP contribution in [0.2, 0.25) is 0 Å². The third kappa shape index (κ3) is 3.59. The van der Waals surface area contributed by atoms with Gasteiger partial charge in [0.1, 0.15) is 11.8 Å². The van der Waals surface area contributed by atoms with Crippen molar-refractivity contribution < 1.29 is 9.53 Å². The third-order valence-corrected chi connectivity index (χ3v) is 3.88. The highest BCUT2D eigenvalue weighted by Crippen LogP contribution is 2.20. The first kappa shape index (κ1) is 14.1. The van der Waals surface area contributed by atoms with Gasteiger partial charge in [-0.1, -0.05) is 6.92 Å². The monoisotopic (exact) mass is 286 g/mol. The zero-order valence-corrected chi connectivity index (χ0v) is 11.9. The number of carbonyl (C=O) groups excluding carboxylic acids is 1. The van der Waals surface area contributed by atoms with E-state index in [1.807, 2.05) is 18.2 Å². The summed E-state index contributed by atoms with van der Waals surface area (Å²) in [5.41, 5.74) is 0.700. The summed E-state index contributed by atoms with van der Waals surface area (Å²) in [7, 11) is 0. The molecule has 1 aromatic heterocycles. The summed E-state index contributed by atoms with van der Waals surface area (Å²) in [6.45, 7) is 2.08. The molecule has 1 heterocycles. The number of carbonyl (C=O) groups is 1. The van der Waals surface area contributed by atoms with Crippen LogP contribution >= 0.6 is 11.3 Å². The highest BCUT2D eigenvalue weighted by atomic mass is 32.1. The molecule has 0 atom stereocenters. The molecular weight excluding hydrogens is 272 g/mol. The molecule has 1 amide bonds. The Hall–Kier alpha value is -2.32. The molecule has 0 spiro atoms. The number of rotatable bonds is 5. The van der Waals surface area contributed by atoms with Crippen LogP contribution in [0.5, 0.6) is 5.75 Å². The van der Waals surface area contributed by atoms with Crippen molar-refractivity contribution in [3.05, 3.63) is 46.2 Å². The Morgan fingerprint density at radius 1 is 1.30 bits per heavy atom. The van der Waals surface area contributed by atoms with Gasteiger partial charge in [-0.2, -0.15) is 5.26 Å². The maximum atomic E-state index is 12.0. The lowest BCUT2D eigenvalue weighted by atomic mass is 10.3. The number of thiophene rings is 1. The lowest BCUT2D eigenvalue weighted by Crippen LogP contribution is -2.09. The Morgan fingerprint density at radius 3 is 2.65 bits per heavy atom. The highest BCUT2D eigenvalue weighted by Gasteiger charge is 2.09. The van der Waals surface area contributed by atoms with Crippen molar-refractivity contribution in [2.24, 2.45) is 0 Å². The zero-order chi connectivity index (χ0) is 14.4. The van der Waals surface area contributed by atoms with Crippen molar-refractivity contribution >= 4 is 22.9 Å². The average molecular weight is 286 g/mol. The van der Waals surface area contributed by atoms with Crippen molar-refractivity contribution in [3.8, 4) is 11.8 Å². The van der Waals surface area contributed by atoms with E-state index in [1.165, 1.54) is 16.2 Å². The molecule has 2 rings (SSSR count). The molecule has 0 saturated heterocycles. The van der Waals surface area contributed by atoms with Gasteiger partial charge >= 0.3 is 0 Å². The Bertz CT molecular complexity index is 626. The number of anilines is 1. The zero-order valence-electron chi connectivity index (χ0n) is 11.1. The van der Waals surface area contributed by atoms with Crippen LogP contribution in [0, 0.1) is 11.3 Å². The molecule has 4 nitrogen and oxygen atoms in total. The summed E-state index contributed by atoms with van der Waals surface area (Å²) in [5, 5.41) is 11.2. The Morgan fingerprint density at radius 2 is 2.05 bits per heavy atom. The predicted octanol–water partition coefficient (Wildman–Crippen LogP) is 3.47. The number of hydrogen-bond donors (Lipinski definition) is 1. The average Bonchev–Trinajstić information content (AvgIpc) is 2.95. The Balaban J connectivity index is 1.99. The lowest BCUT2D eigenvalue weighted by Gasteiger charge is -2.05. The summed E-state index contributed by atoms with van der Waals surface area (Å²) in [5.74, 6) is 0.495. The Labute approximate surface area is 121 Å². The first-order chi connectivity index (χ1) is 9.72. The lowest BCUT2D eigenvalue weighted by molar-refractivity contribution is 0.103. The largest absolute Gasteiger partial charge is 0.479 e. The van der Waals surface area contributed by atoms with E-state index < -0.39 is 0 Å². The number of amides is 1. The SMILES string of the molecule is CCc1ccc(C(=O)Nc2ccc(OCC#N)cc2)s1. The minimum atomic E-state index is -0.111. The maximum Gasteiger partial charge on any atom is 0.265 e. The molecule has 102 valence electrons. The number of nitrogens with one attached hydrogen (secondary N) is 1. The van der Waals surface area contributed by atoms with Crippen LogP contribution in [0.15, 0.2) is 36.4 Å². The number of aryl methyl sites for hydroxylation is 1. The molecule has 0 fully saturated rings. The van der Waals surface area contributed by atoms with Crippen molar-refractivity contribution in [2.75, 3.05) is 11.9 Å². The van der Waals surface area contributed by atoms with Gasteiger partial charge in [0, 0.05) is 10.6 Å². The van der Waals surface area contributed by atoms with E-state index in [2.05, 4.69) is 12.2 Å². The normalized spacial score (nSPS) is 9.80. The van der Waals surface area contributed by atoms with Gasteiger partial charge in [-0.05, 0) is 42.8 Å². The van der Waals surface area contributed by atoms with Gasteiger partial charge in [-0.3, -0.25) is 4.79 Å². The van der Waals surface area contributed by atoms with E-state index in [9.17, 15) is 4.79 Å². The molecule has 1 aromatic carbocycles. The summed E-state index contributed by atoms with van der Waals surface area (Å²) in [4.78, 5) is 13.9. The number of hydrogen-bond acceptors (Lipinski definition) is 4. The molecule has 0 bridgehead atoms. The van der Waals surface area contributed by atoms with E-state index >= 15 is 0 Å². The Kier molecular flexibility index (Phi) is 4.75. The number of nitrogens with zero attached hydrogens (tertiary/aromatic N) is 1. The molecule has 20 heavy (non-hydrogen) atoms. The van der Waals surface area contributed by atoms with Crippen LogP contribution in [0.25, 0.3) is 0 Å². The second kappa shape index (κ2) is 6.73. The fourth-order valence-electron chi connectivity index (χ4n) is 1.63. The van der Waals surface area contributed by atoms with Gasteiger partial charge < -0.3 is 10.1 Å². The van der Waals surface area contributed by atoms with Crippen LogP contribution < -0.4 is 10.1 Å². The molecule has 0 aliphatic heterocycles. The van der Waals surface area contributed by atoms with Crippen LogP contribution in [0.3, 0.4) is 0 Å². The van der Waals surface area contributed by atoms with Crippen LogP contribution in [0.4, 0.5) is 5.69 Å². The minimum Gasteiger partial charge on any atom is -0.479 e. The second-order valence-corrected chi connectivity index (χ2v) is 5.21. The van der Waals surface area contributed by atoms with Crippen LogP contribution in [0.1, 0.15) is 21.5 Å². The second-order valence-electron chi connectivity index (χ2n) is 4.04. The van der Waals surface area contributed by atoms with Crippen LogP contribution in [-0.4, -0.2) is 12.5 Å². The van der Waals surface area contributed by atoms with Gasteiger partial charge in [0.2, 0.25) is 0 Å². The first-order valence-corrected chi connectivity index (χ1v) is 7.04. The molecule has 0 radical (unpaired) electrons. The summed E-state index contributed by atoms with van der Waals surface area (Å²) < 4.78 is 5.15. The third-order valence-electron chi connectivity index (χ3n) is 2.65. The standard InChI is InChI=1S/C15H14N2O2S/c1-2-13-7-8-14(20-13)15(18)17-11-3-5-12(6-4-11)19-10-9-16/h3-8H,2,10H2,1H3,(H,17,18). The smallest absolute Gasteiger partial charge is 0.265 e. The molecule has 2 aromatic rings. The number of nitriles is 1. The molecule has 0 unspecified atom stereocenters. The molecule has 1 N–H and O–H groups in total. The summed E-state index contributed by atoms with van der Waals surface area (Å²) in [6, 6.07) is 12.6. The van der Waals surface area contributed by atoms with Gasteiger partial charge in [-0.25, -0.2) is 0 Å². The van der Waals surface area contributed by atoms with Gasteiger partial charge in [0.15, 0.2) is 6.61 Å². The van der Waals surface area contributed by atoms with Crippen molar-refractivity contribution in [3.63, 3.8) is 0 Å². The first-order valence-electron chi connectivity index (χ1n) is 6.23. The maximum absolute atomic E-state index is 12.0. The predicted molar refractivity (Wildman–Crippen MR) is 79.2 cm³/mol. The highest BCUT2D eigenvalue weighted by molar-refractivity contribution is 7.14. The molecule has 0 aliphatic rings. The molecular formula is C15H14N2O2S. The van der Waals surface area contributed by atoms with E-state index in [0.717, 1.165) is 6.42 Å². The fraction of sp³-hybridized carbons (Fsp3) is 0.200. The van der Waals surface area contributed by atoms with Gasteiger partial charge in [0.25, 0.3) is 5.91 Å². The van der Waals surface area contributed by atoms with E-state index in [-0.39, 0.29) is 12.5 Å². The van der Waals surface area contributed by atoms with E-state index in [0.29, 0.717) is 16.3 Å². The quantitative estimate of drug-likeness (QED) is 0.915. The molecule has 0 saturated carbocycles. The van der Waals surface area contributed by atoms with E-state index in [4.69, 9.17) is 10.00 Å². The van der Waals surface area contributed by atoms with Crippen LogP contribution in [-0.2, 0) is 6.42 Å². The number of ether oxygens (including phenoxy) is 1. The van der Waals surface area contributed by atoms with Gasteiger partial charge in [0.05, 0.1) is 4.88 Å². The summed E-state index contributed by atoms with van der Waals surface area (Å²) in [6.07, 6.45) is 0.933. The van der Waals surface area contributed by atoms with Crippen molar-refractivity contribution in [1.82, 2.24) is 0 Å². The number of benzene rings is 1. The van der Waals surface area contributed by atoms with E-state index in [1.54, 1.807) is 24.3 Å². The molecule has 0 aliphatic carbocycles. The minimum absolute atomic E-state index is 0.0146. The summed E-state index contributed by atoms with van der Waals surface area (Å²) >= 11 is 1.50. The molecule has 5 heteroatoms. The van der Waals surface area contributed by atoms with Crippen molar-refractivity contribution in [2.45, 2.75) is 13.3 Å². The fourth-order valence-corrected chi connectivity index (χ4v) is 2.48. The van der Waals surface area contributed by atoms with Gasteiger partial charge in [-0.15, -0.1) is 11.3 Å².